The van der Waals surface area contributed by atoms with Crippen molar-refractivity contribution in [3.63, 3.8) is 0 Å². The Morgan fingerprint density at radius 2 is 1.89 bits per heavy atom. The molecule has 1 fully saturated rings. The Bertz CT molecular complexity index is 1620. The summed E-state index contributed by atoms with van der Waals surface area (Å²) in [5, 5.41) is 2.84. The number of nitrogens with one attached hydrogen (secondary N) is 2. The Labute approximate surface area is 271 Å². The van der Waals surface area contributed by atoms with Gasteiger partial charge in [0.05, 0.1) is 17.3 Å². The Morgan fingerprint density at radius 1 is 1.14 bits per heavy atom. The van der Waals surface area contributed by atoms with E-state index in [0.717, 1.165) is 18.5 Å². The zero-order chi connectivity index (χ0) is 32.3. The number of aromatic nitrogens is 3. The van der Waals surface area contributed by atoms with Crippen molar-refractivity contribution in [2.75, 3.05) is 11.9 Å². The first-order valence-electron chi connectivity index (χ1n) is 14.1. The summed E-state index contributed by atoms with van der Waals surface area (Å²) < 4.78 is 34.2. The topological polar surface area (TPSA) is 143 Å². The maximum absolute atomic E-state index is 13.1. The number of sulfonamides is 1. The maximum atomic E-state index is 13.1. The zero-order valence-corrected chi connectivity index (χ0v) is 28.3. The van der Waals surface area contributed by atoms with Gasteiger partial charge in [-0.25, -0.2) is 19.5 Å². The van der Waals surface area contributed by atoms with E-state index in [-0.39, 0.29) is 39.3 Å². The molecule has 4 rings (SSSR count). The smallest absolute Gasteiger partial charge is 0.410 e. The van der Waals surface area contributed by atoms with E-state index >= 15 is 0 Å². The van der Waals surface area contributed by atoms with Gasteiger partial charge in [0.2, 0.25) is 0 Å². The highest BCUT2D eigenvalue weighted by atomic mass is 79.9. The van der Waals surface area contributed by atoms with Crippen LogP contribution in [0.1, 0.15) is 76.0 Å². The predicted octanol–water partition coefficient (Wildman–Crippen LogP) is 6.38. The minimum atomic E-state index is -4.34. The summed E-state index contributed by atoms with van der Waals surface area (Å²) in [7, 11) is -4.34. The first-order valence-corrected chi connectivity index (χ1v) is 16.7. The van der Waals surface area contributed by atoms with Crippen LogP contribution >= 0.6 is 27.5 Å². The summed E-state index contributed by atoms with van der Waals surface area (Å²) in [6.07, 6.45) is 3.60. The van der Waals surface area contributed by atoms with Gasteiger partial charge in [0, 0.05) is 18.3 Å². The van der Waals surface area contributed by atoms with Gasteiger partial charge in [0.1, 0.15) is 21.2 Å². The summed E-state index contributed by atoms with van der Waals surface area (Å²) in [4.78, 5) is 40.1. The van der Waals surface area contributed by atoms with Crippen LogP contribution < -0.4 is 10.0 Å². The second-order valence-corrected chi connectivity index (χ2v) is 15.1. The third kappa shape index (κ3) is 8.66. The van der Waals surface area contributed by atoms with Gasteiger partial charge in [-0.3, -0.25) is 9.78 Å². The van der Waals surface area contributed by atoms with Crippen molar-refractivity contribution in [3.05, 3.63) is 75.7 Å². The average molecular weight is 708 g/mol. The summed E-state index contributed by atoms with van der Waals surface area (Å²) >= 11 is 9.18. The minimum absolute atomic E-state index is 0.0942. The van der Waals surface area contributed by atoms with Crippen molar-refractivity contribution in [3.8, 4) is 0 Å². The molecule has 236 valence electrons. The molecular formula is C30H36BrClN6O5S. The van der Waals surface area contributed by atoms with Crippen LogP contribution in [0, 0.1) is 5.92 Å². The molecule has 1 aliphatic rings. The van der Waals surface area contributed by atoms with Crippen molar-refractivity contribution in [1.82, 2.24) is 24.6 Å². The van der Waals surface area contributed by atoms with Crippen LogP contribution in [0.3, 0.4) is 0 Å². The van der Waals surface area contributed by atoms with Crippen molar-refractivity contribution < 1.29 is 22.7 Å². The van der Waals surface area contributed by atoms with E-state index in [1.54, 1.807) is 17.2 Å². The molecule has 2 N–H and O–H groups in total. The lowest BCUT2D eigenvalue weighted by Gasteiger charge is -2.33. The number of halogens is 2. The van der Waals surface area contributed by atoms with E-state index in [1.807, 2.05) is 57.5 Å². The van der Waals surface area contributed by atoms with Crippen molar-refractivity contribution in [2.24, 2.45) is 5.92 Å². The van der Waals surface area contributed by atoms with Gasteiger partial charge in [-0.15, -0.1) is 0 Å². The number of likely N-dealkylation sites (tertiary alicyclic amines) is 1. The van der Waals surface area contributed by atoms with Crippen LogP contribution in [0.25, 0.3) is 0 Å². The molecule has 14 heteroatoms. The average Bonchev–Trinajstić information content (AvgIpc) is 3.24. The molecule has 1 saturated heterocycles. The molecule has 0 radical (unpaired) electrons. The van der Waals surface area contributed by atoms with Crippen LogP contribution in [0.4, 0.5) is 10.6 Å². The zero-order valence-electron chi connectivity index (χ0n) is 25.2. The van der Waals surface area contributed by atoms with Crippen molar-refractivity contribution >= 4 is 55.4 Å². The molecule has 1 unspecified atom stereocenters. The van der Waals surface area contributed by atoms with Gasteiger partial charge in [0.15, 0.2) is 5.03 Å². The summed E-state index contributed by atoms with van der Waals surface area (Å²) in [6, 6.07) is 12.6. The number of carbonyl (C=O) groups is 2. The number of amides is 2. The van der Waals surface area contributed by atoms with Gasteiger partial charge < -0.3 is 15.0 Å². The normalized spacial score (nSPS) is 17.2. The molecule has 3 aromatic heterocycles. The van der Waals surface area contributed by atoms with Crippen LogP contribution in [0.15, 0.2) is 64.4 Å². The summed E-state index contributed by atoms with van der Waals surface area (Å²) in [6.45, 7) is 10.2. The van der Waals surface area contributed by atoms with E-state index in [1.165, 1.54) is 24.3 Å². The molecule has 11 nitrogen and oxygen atoms in total. The molecule has 2 atom stereocenters. The molecule has 0 aliphatic carbocycles. The lowest BCUT2D eigenvalue weighted by Crippen LogP contribution is -2.45. The predicted molar refractivity (Wildman–Crippen MR) is 171 cm³/mol. The largest absolute Gasteiger partial charge is 0.444 e. The molecule has 3 aromatic rings. The maximum Gasteiger partial charge on any atom is 0.410 e. The van der Waals surface area contributed by atoms with Crippen molar-refractivity contribution in [2.45, 2.75) is 76.1 Å². The van der Waals surface area contributed by atoms with Crippen LogP contribution in [0.2, 0.25) is 5.15 Å². The van der Waals surface area contributed by atoms with E-state index < -0.39 is 21.5 Å². The quantitative estimate of drug-likeness (QED) is 0.242. The van der Waals surface area contributed by atoms with Crippen LogP contribution in [-0.4, -0.2) is 58.0 Å². The number of anilines is 1. The summed E-state index contributed by atoms with van der Waals surface area (Å²) in [5.74, 6) is -0.414. The summed E-state index contributed by atoms with van der Waals surface area (Å²) in [5.41, 5.74) is -0.273. The Balaban J connectivity index is 1.48. The molecule has 2 amide bonds. The third-order valence-corrected chi connectivity index (χ3v) is 9.05. The molecule has 44 heavy (non-hydrogen) atoms. The fraction of sp³-hybridized carbons (Fsp3) is 0.433. The van der Waals surface area contributed by atoms with Gasteiger partial charge >= 0.3 is 6.09 Å². The molecule has 4 heterocycles. The van der Waals surface area contributed by atoms with E-state index in [4.69, 9.17) is 16.3 Å². The van der Waals surface area contributed by atoms with Gasteiger partial charge in [-0.1, -0.05) is 23.7 Å². The minimum Gasteiger partial charge on any atom is -0.444 e. The van der Waals surface area contributed by atoms with E-state index in [0.29, 0.717) is 23.4 Å². The lowest BCUT2D eigenvalue weighted by atomic mass is 9.91. The van der Waals surface area contributed by atoms with Gasteiger partial charge in [0.25, 0.3) is 15.9 Å². The number of hydrogen-bond donors (Lipinski definition) is 2. The fourth-order valence-electron chi connectivity index (χ4n) is 5.13. The molecule has 0 aromatic carbocycles. The van der Waals surface area contributed by atoms with E-state index in [2.05, 4.69) is 36.2 Å². The fourth-order valence-corrected chi connectivity index (χ4v) is 6.72. The number of hydrogen-bond acceptors (Lipinski definition) is 9. The van der Waals surface area contributed by atoms with Crippen LogP contribution in [0.5, 0.6) is 0 Å². The standard InChI is InChI=1S/C30H36BrClN6O5S/c1-29(2,3)43-28(40)38-18-19(17-30(38,4)5)12-14-22(21-9-6-7-16-33-21)34-24-10-8-11-25(36-24)44(41,42)37-27(39)20-13-15-23(31)35-26(20)32/h6-11,13,15-16,19,22H,12,14,17-18H2,1-5H3,(H,34,36)(H,37,39)/t19-,22?/m0/s1. The van der Waals surface area contributed by atoms with E-state index in [9.17, 15) is 18.0 Å². The molecule has 1 aliphatic heterocycles. The highest BCUT2D eigenvalue weighted by Crippen LogP contribution is 2.37. The highest BCUT2D eigenvalue weighted by molar-refractivity contribution is 9.10. The molecular weight excluding hydrogens is 672 g/mol. The van der Waals surface area contributed by atoms with Gasteiger partial charge in [-0.05, 0) is 112 Å². The Morgan fingerprint density at radius 3 is 2.55 bits per heavy atom. The number of carbonyl (C=O) groups excluding carboxylic acids is 2. The lowest BCUT2D eigenvalue weighted by molar-refractivity contribution is 0.0130. The van der Waals surface area contributed by atoms with Crippen molar-refractivity contribution in [1.29, 1.82) is 0 Å². The highest BCUT2D eigenvalue weighted by Gasteiger charge is 2.43. The first-order chi connectivity index (χ1) is 20.5. The number of rotatable bonds is 9. The first kappa shape index (κ1) is 33.6. The van der Waals surface area contributed by atoms with Gasteiger partial charge in [-0.2, -0.15) is 8.42 Å². The Kier molecular flexibility index (Phi) is 10.2. The molecule has 0 spiro atoms. The molecule has 0 saturated carbocycles. The number of ether oxygens (including phenoxy) is 1. The molecule has 0 bridgehead atoms. The monoisotopic (exact) mass is 706 g/mol. The third-order valence-electron chi connectivity index (χ3n) is 7.09. The second kappa shape index (κ2) is 13.4. The number of nitrogens with zero attached hydrogens (tertiary/aromatic N) is 4. The Hall–Kier alpha value is -3.29. The number of pyridine rings is 3. The second-order valence-electron chi connectivity index (χ2n) is 12.3. The van der Waals surface area contributed by atoms with Crippen LogP contribution in [-0.2, 0) is 14.8 Å². The SMILES string of the molecule is CC(C)(C)OC(=O)N1C[C@@H](CCC(Nc2cccc(S(=O)(=O)NC(=O)c3ccc(Br)nc3Cl)n2)c2ccccn2)CC1(C)C.